The van der Waals surface area contributed by atoms with Crippen molar-refractivity contribution in [1.82, 2.24) is 5.32 Å². The molecule has 1 unspecified atom stereocenters. The standard InChI is InChI=1S/C16H21N5O2S4.Ni/c1-26-9-8-12(14(22)23)18-15(24)20-19-13(10-17-21-16(25)27-2)11-6-4-3-5-7-11;/h3-7,10,12H,8-9H2,1-2H3,(H,21,25)(H,22,23)(H2,18,20,24);/q;+2/p+2. The molecular weight excluding hydrogens is 481 g/mol. The first-order chi connectivity index (χ1) is 13.0. The third kappa shape index (κ3) is 11.2. The largest absolute Gasteiger partial charge is 2.00 e. The molecule has 0 saturated heterocycles. The van der Waals surface area contributed by atoms with E-state index >= 15 is 0 Å². The normalized spacial score (nSPS) is 13.9. The summed E-state index contributed by atoms with van der Waals surface area (Å²) in [6.07, 6.45) is 5.75. The maximum absolute atomic E-state index is 11.3. The Hall–Kier alpha value is -0.936. The molecule has 0 aliphatic carbocycles. The van der Waals surface area contributed by atoms with Crippen LogP contribution in [0.2, 0.25) is 0 Å². The summed E-state index contributed by atoms with van der Waals surface area (Å²) >= 11 is 9.59. The molecule has 1 atom stereocenters. The summed E-state index contributed by atoms with van der Waals surface area (Å²) in [5.41, 5.74) is 1.28. The summed E-state index contributed by atoms with van der Waals surface area (Å²) in [6, 6.07) is 8.63. The van der Waals surface area contributed by atoms with Crippen LogP contribution in [0.25, 0.3) is 0 Å². The minimum atomic E-state index is -0.945. The Bertz CT molecular complexity index is 729. The van der Waals surface area contributed by atoms with Crippen LogP contribution in [0.3, 0.4) is 0 Å². The first kappa shape index (κ1) is 27.1. The number of rotatable bonds is 9. The van der Waals surface area contributed by atoms with Crippen molar-refractivity contribution in [3.8, 4) is 0 Å². The minimum Gasteiger partial charge on any atom is -0.480 e. The quantitative estimate of drug-likeness (QED) is 0.174. The molecule has 0 saturated carbocycles. The van der Waals surface area contributed by atoms with Crippen molar-refractivity contribution < 1.29 is 26.4 Å². The van der Waals surface area contributed by atoms with Crippen LogP contribution in [0.1, 0.15) is 12.0 Å². The van der Waals surface area contributed by atoms with Gasteiger partial charge in [0.05, 0.1) is 6.21 Å². The van der Waals surface area contributed by atoms with Crippen LogP contribution < -0.4 is 5.32 Å². The number of carbonyl (C=O) groups is 1. The number of thioether (sulfide) groups is 2. The molecule has 154 valence electrons. The number of aliphatic carboxylic acids is 1. The molecule has 0 bridgehead atoms. The molecule has 0 spiro atoms. The van der Waals surface area contributed by atoms with Crippen molar-refractivity contribution >= 4 is 76.2 Å². The molecule has 0 heterocycles. The molecule has 7 nitrogen and oxygen atoms in total. The second kappa shape index (κ2) is 15.9. The number of benzene rings is 1. The van der Waals surface area contributed by atoms with Gasteiger partial charge in [0.1, 0.15) is 11.8 Å². The van der Waals surface area contributed by atoms with E-state index in [9.17, 15) is 9.90 Å². The second-order valence-electron chi connectivity index (χ2n) is 4.97. The van der Waals surface area contributed by atoms with E-state index in [1.54, 1.807) is 11.8 Å². The first-order valence-corrected chi connectivity index (χ1v) is 11.4. The Balaban J connectivity index is 0.00000729. The average molecular weight is 504 g/mol. The van der Waals surface area contributed by atoms with Crippen molar-refractivity contribution in [1.29, 1.82) is 0 Å². The summed E-state index contributed by atoms with van der Waals surface area (Å²) in [5.74, 6) is -0.226. The van der Waals surface area contributed by atoms with E-state index in [2.05, 4.69) is 51.0 Å². The Morgan fingerprint density at radius 1 is 1.21 bits per heavy atom. The van der Waals surface area contributed by atoms with Gasteiger partial charge < -0.3 is 10.4 Å². The van der Waals surface area contributed by atoms with Gasteiger partial charge in [0.15, 0.2) is 0 Å². The van der Waals surface area contributed by atoms with Crippen molar-refractivity contribution in [3.05, 3.63) is 35.9 Å². The maximum Gasteiger partial charge on any atom is 2.00 e. The molecule has 0 radical (unpaired) electrons. The number of hydrogen-bond acceptors (Lipinski definition) is 7. The topological polar surface area (TPSA) is 98.8 Å². The Morgan fingerprint density at radius 2 is 1.89 bits per heavy atom. The van der Waals surface area contributed by atoms with Gasteiger partial charge in [-0.3, -0.25) is 0 Å². The van der Waals surface area contributed by atoms with E-state index in [0.717, 1.165) is 11.3 Å². The van der Waals surface area contributed by atoms with Gasteiger partial charge in [-0.05, 0) is 24.7 Å². The zero-order chi connectivity index (χ0) is 20.1. The van der Waals surface area contributed by atoms with Crippen LogP contribution in [0.5, 0.6) is 0 Å². The number of amidine groups is 1. The SMILES string of the molecule is CSCCC(NC([SH2+])=NN=C(C=NN=C([SH2+])SC)c1ccccc1)C(=O)O.[Ni+2]. The monoisotopic (exact) mass is 503 g/mol. The Labute approximate surface area is 194 Å². The fourth-order valence-corrected chi connectivity index (χ4v) is 2.62. The molecule has 1 aromatic carbocycles. The van der Waals surface area contributed by atoms with Gasteiger partial charge in [-0.25, -0.2) is 4.79 Å². The number of nitrogens with one attached hydrogen (secondary N) is 1. The molecule has 1 aromatic rings. The molecular formula is C16H23N5NiO2S4+4. The average Bonchev–Trinajstić information content (AvgIpc) is 2.67. The van der Waals surface area contributed by atoms with Gasteiger partial charge in [0, 0.05) is 30.8 Å². The molecule has 0 aromatic heterocycles. The van der Waals surface area contributed by atoms with E-state index < -0.39 is 12.0 Å². The molecule has 12 heteroatoms. The molecule has 1 rings (SSSR count). The van der Waals surface area contributed by atoms with E-state index in [-0.39, 0.29) is 21.7 Å². The van der Waals surface area contributed by atoms with Gasteiger partial charge in [-0.15, -0.1) is 5.10 Å². The predicted octanol–water partition coefficient (Wildman–Crippen LogP) is 1.27. The Kier molecular flexibility index (Phi) is 15.4. The molecule has 28 heavy (non-hydrogen) atoms. The summed E-state index contributed by atoms with van der Waals surface area (Å²) in [6.45, 7) is 0. The zero-order valence-electron chi connectivity index (χ0n) is 15.2. The Morgan fingerprint density at radius 3 is 2.46 bits per heavy atom. The summed E-state index contributed by atoms with van der Waals surface area (Å²) < 4.78 is 0.628. The number of carboxylic acid groups (broad SMARTS) is 1. The van der Waals surface area contributed by atoms with Crippen LogP contribution in [0.15, 0.2) is 50.7 Å². The predicted molar refractivity (Wildman–Crippen MR) is 128 cm³/mol. The third-order valence-corrected chi connectivity index (χ3v) is 5.14. The van der Waals surface area contributed by atoms with Crippen molar-refractivity contribution in [2.45, 2.75) is 12.5 Å². The van der Waals surface area contributed by atoms with Crippen LogP contribution in [0, 0.1) is 0 Å². The van der Waals surface area contributed by atoms with Crippen LogP contribution >= 0.6 is 23.5 Å². The van der Waals surface area contributed by atoms with E-state index in [1.807, 2.05) is 42.8 Å². The van der Waals surface area contributed by atoms with E-state index in [4.69, 9.17) is 0 Å². The smallest absolute Gasteiger partial charge is 0.480 e. The number of carboxylic acids is 1. The third-order valence-electron chi connectivity index (χ3n) is 3.07. The molecule has 0 fully saturated rings. The van der Waals surface area contributed by atoms with E-state index in [0.29, 0.717) is 16.5 Å². The fourth-order valence-electron chi connectivity index (χ4n) is 1.73. The van der Waals surface area contributed by atoms with Crippen LogP contribution in [-0.2, 0) is 46.5 Å². The molecule has 0 aliphatic heterocycles. The number of hydrogen-bond donors (Lipinski definition) is 2. The van der Waals surface area contributed by atoms with Crippen molar-refractivity contribution in [2.24, 2.45) is 20.4 Å². The van der Waals surface area contributed by atoms with E-state index in [1.165, 1.54) is 18.0 Å². The van der Waals surface area contributed by atoms with Crippen molar-refractivity contribution in [2.75, 3.05) is 18.3 Å². The summed E-state index contributed by atoms with van der Waals surface area (Å²) in [7, 11) is 0. The van der Waals surface area contributed by atoms with Gasteiger partial charge >= 0.3 is 27.6 Å². The minimum absolute atomic E-state index is 0. The molecule has 0 aliphatic rings. The fraction of sp³-hybridized carbons (Fsp3) is 0.312. The molecule has 2 N–H and O–H groups in total. The zero-order valence-corrected chi connectivity index (χ0v) is 19.9. The van der Waals surface area contributed by atoms with Gasteiger partial charge in [0.2, 0.25) is 0 Å². The van der Waals surface area contributed by atoms with Crippen LogP contribution in [-0.4, -0.2) is 56.9 Å². The van der Waals surface area contributed by atoms with Gasteiger partial charge in [-0.2, -0.15) is 16.9 Å². The first-order valence-electron chi connectivity index (χ1n) is 7.75. The maximum atomic E-state index is 11.3. The van der Waals surface area contributed by atoms with Crippen LogP contribution in [0.4, 0.5) is 0 Å². The summed E-state index contributed by atoms with van der Waals surface area (Å²) in [4.78, 5) is 11.3. The number of nitrogens with zero attached hydrogens (tertiary/aromatic N) is 4. The van der Waals surface area contributed by atoms with Gasteiger partial charge in [0.25, 0.3) is 4.38 Å². The van der Waals surface area contributed by atoms with Crippen molar-refractivity contribution in [3.63, 3.8) is 0 Å². The van der Waals surface area contributed by atoms with Gasteiger partial charge in [-0.1, -0.05) is 52.3 Å². The second-order valence-corrected chi connectivity index (χ2v) is 8.06. The summed E-state index contributed by atoms with van der Waals surface area (Å²) in [5, 5.41) is 28.4. The molecule has 0 amide bonds.